The zero-order valence-corrected chi connectivity index (χ0v) is 14.1. The Kier molecular flexibility index (Phi) is 4.80. The summed E-state index contributed by atoms with van der Waals surface area (Å²) in [6, 6.07) is 4.32. The molecule has 0 saturated heterocycles. The molecule has 0 radical (unpaired) electrons. The van der Waals surface area contributed by atoms with Crippen LogP contribution in [-0.4, -0.2) is 34.2 Å². The van der Waals surface area contributed by atoms with E-state index in [1.807, 2.05) is 0 Å². The molecule has 1 aromatic carbocycles. The zero-order valence-electron chi connectivity index (χ0n) is 10.9. The lowest BCUT2D eigenvalue weighted by molar-refractivity contribution is -0.385. The molecule has 1 fully saturated rings. The molecule has 1 amide bonds. The maximum atomic E-state index is 12.3. The van der Waals surface area contributed by atoms with Gasteiger partial charge in [-0.15, -0.1) is 0 Å². The highest BCUT2D eigenvalue weighted by molar-refractivity contribution is 9.10. The van der Waals surface area contributed by atoms with Crippen LogP contribution in [0.5, 0.6) is 0 Å². The number of amides is 1. The van der Waals surface area contributed by atoms with Gasteiger partial charge in [-0.1, -0.05) is 31.9 Å². The number of hydrogen-bond donors (Lipinski definition) is 0. The first-order valence-corrected chi connectivity index (χ1v) is 7.92. The Bertz CT molecular complexity index is 544. The Labute approximate surface area is 133 Å². The Morgan fingerprint density at radius 3 is 2.65 bits per heavy atom. The van der Waals surface area contributed by atoms with E-state index >= 15 is 0 Å². The fourth-order valence-electron chi connectivity index (χ4n) is 2.30. The summed E-state index contributed by atoms with van der Waals surface area (Å²) in [5.74, 6) is 0.322. The van der Waals surface area contributed by atoms with Crippen LogP contribution in [0.2, 0.25) is 0 Å². The second-order valence-electron chi connectivity index (χ2n) is 5.08. The quantitative estimate of drug-likeness (QED) is 0.436. The van der Waals surface area contributed by atoms with Crippen LogP contribution in [0.1, 0.15) is 23.2 Å². The van der Waals surface area contributed by atoms with Crippen LogP contribution in [0.4, 0.5) is 5.69 Å². The first kappa shape index (κ1) is 15.4. The molecule has 0 N–H and O–H groups in total. The minimum atomic E-state index is -0.497. The highest BCUT2D eigenvalue weighted by Crippen LogP contribution is 2.34. The van der Waals surface area contributed by atoms with Crippen LogP contribution < -0.4 is 0 Å². The molecule has 2 rings (SSSR count). The molecule has 0 unspecified atom stereocenters. The number of carbonyl (C=O) groups is 1. The van der Waals surface area contributed by atoms with E-state index in [1.165, 1.54) is 12.1 Å². The van der Waals surface area contributed by atoms with Crippen molar-refractivity contribution in [3.05, 3.63) is 38.3 Å². The highest BCUT2D eigenvalue weighted by atomic mass is 79.9. The van der Waals surface area contributed by atoms with Gasteiger partial charge in [0.15, 0.2) is 0 Å². The molecule has 7 heteroatoms. The van der Waals surface area contributed by atoms with Gasteiger partial charge in [-0.25, -0.2) is 0 Å². The van der Waals surface area contributed by atoms with Crippen molar-refractivity contribution < 1.29 is 9.72 Å². The Morgan fingerprint density at radius 1 is 1.45 bits per heavy atom. The van der Waals surface area contributed by atoms with Crippen LogP contribution in [0.25, 0.3) is 0 Å². The van der Waals surface area contributed by atoms with Gasteiger partial charge >= 0.3 is 0 Å². The molecule has 0 aliphatic heterocycles. The minimum absolute atomic E-state index is 0.0831. The third kappa shape index (κ3) is 3.58. The molecule has 1 aliphatic carbocycles. The van der Waals surface area contributed by atoms with Crippen molar-refractivity contribution in [2.75, 3.05) is 13.6 Å². The second-order valence-corrected chi connectivity index (χ2v) is 7.29. The molecule has 0 atom stereocenters. The summed E-state index contributed by atoms with van der Waals surface area (Å²) in [6.45, 7) is 0.682. The van der Waals surface area contributed by atoms with Crippen molar-refractivity contribution >= 4 is 43.5 Å². The third-order valence-electron chi connectivity index (χ3n) is 3.40. The van der Waals surface area contributed by atoms with E-state index in [0.717, 1.165) is 12.8 Å². The summed E-state index contributed by atoms with van der Waals surface area (Å²) in [7, 11) is 1.73. The highest BCUT2D eigenvalue weighted by Gasteiger charge is 2.29. The molecule has 0 bridgehead atoms. The van der Waals surface area contributed by atoms with Crippen molar-refractivity contribution in [1.82, 2.24) is 4.90 Å². The van der Waals surface area contributed by atoms with Gasteiger partial charge in [-0.2, -0.15) is 0 Å². The number of halogens is 2. The molecule has 20 heavy (non-hydrogen) atoms. The second kappa shape index (κ2) is 6.22. The van der Waals surface area contributed by atoms with Gasteiger partial charge in [0, 0.05) is 40.6 Å². The maximum absolute atomic E-state index is 12.3. The fourth-order valence-corrected chi connectivity index (χ4v) is 3.84. The zero-order chi connectivity index (χ0) is 14.9. The Hall–Kier alpha value is -0.950. The number of nitrogens with zero attached hydrogens (tertiary/aromatic N) is 2. The van der Waals surface area contributed by atoms with Gasteiger partial charge in [0.2, 0.25) is 0 Å². The SMILES string of the molecule is CN(CC1CC(Br)C1)C(=O)c1cc(Br)cc([N+](=O)[O-])c1. The third-order valence-corrected chi connectivity index (χ3v) is 4.60. The Morgan fingerprint density at radius 2 is 2.10 bits per heavy atom. The van der Waals surface area contributed by atoms with Gasteiger partial charge in [0.1, 0.15) is 0 Å². The fraction of sp³-hybridized carbons (Fsp3) is 0.462. The summed E-state index contributed by atoms with van der Waals surface area (Å²) in [5.41, 5.74) is 0.253. The number of rotatable bonds is 4. The van der Waals surface area contributed by atoms with Crippen molar-refractivity contribution in [3.63, 3.8) is 0 Å². The number of benzene rings is 1. The number of alkyl halides is 1. The standard InChI is InChI=1S/C13H14Br2N2O3/c1-16(7-8-2-10(14)3-8)13(18)9-4-11(15)6-12(5-9)17(19)20/h4-6,8,10H,2-3,7H2,1H3. The first-order chi connectivity index (χ1) is 9.36. The van der Waals surface area contributed by atoms with E-state index in [1.54, 1.807) is 18.0 Å². The summed E-state index contributed by atoms with van der Waals surface area (Å²) < 4.78 is 0.535. The van der Waals surface area contributed by atoms with Gasteiger partial charge in [-0.3, -0.25) is 14.9 Å². The molecule has 108 valence electrons. The lowest BCUT2D eigenvalue weighted by Crippen LogP contribution is -2.37. The predicted molar refractivity (Wildman–Crippen MR) is 83.2 cm³/mol. The summed E-state index contributed by atoms with van der Waals surface area (Å²) >= 11 is 6.72. The van der Waals surface area contributed by atoms with E-state index in [2.05, 4.69) is 31.9 Å². The van der Waals surface area contributed by atoms with E-state index in [-0.39, 0.29) is 11.6 Å². The predicted octanol–water partition coefficient (Wildman–Crippen LogP) is 3.60. The molecular weight excluding hydrogens is 392 g/mol. The maximum Gasteiger partial charge on any atom is 0.271 e. The molecule has 1 saturated carbocycles. The minimum Gasteiger partial charge on any atom is -0.341 e. The topological polar surface area (TPSA) is 63.5 Å². The van der Waals surface area contributed by atoms with E-state index in [9.17, 15) is 14.9 Å². The lowest BCUT2D eigenvalue weighted by atomic mass is 9.85. The summed E-state index contributed by atoms with van der Waals surface area (Å²) in [5, 5.41) is 10.8. The molecule has 0 aromatic heterocycles. The van der Waals surface area contributed by atoms with Gasteiger partial charge in [-0.05, 0) is 24.8 Å². The number of nitro groups is 1. The van der Waals surface area contributed by atoms with Crippen LogP contribution in [-0.2, 0) is 0 Å². The van der Waals surface area contributed by atoms with Crippen molar-refractivity contribution in [2.24, 2.45) is 5.92 Å². The van der Waals surface area contributed by atoms with Gasteiger partial charge in [0.25, 0.3) is 11.6 Å². The van der Waals surface area contributed by atoms with Crippen LogP contribution in [0.3, 0.4) is 0 Å². The number of hydrogen-bond acceptors (Lipinski definition) is 3. The number of nitro benzene ring substituents is 1. The van der Waals surface area contributed by atoms with Gasteiger partial charge < -0.3 is 4.90 Å². The summed E-state index contributed by atoms with van der Waals surface area (Å²) in [4.78, 5) is 24.8. The molecular formula is C13H14Br2N2O3. The van der Waals surface area contributed by atoms with E-state index < -0.39 is 4.92 Å². The lowest BCUT2D eigenvalue weighted by Gasteiger charge is -2.34. The van der Waals surface area contributed by atoms with E-state index in [0.29, 0.717) is 27.3 Å². The van der Waals surface area contributed by atoms with Crippen molar-refractivity contribution in [2.45, 2.75) is 17.7 Å². The normalized spacial score (nSPS) is 21.1. The average Bonchev–Trinajstić information content (AvgIpc) is 2.35. The van der Waals surface area contributed by atoms with Crippen LogP contribution >= 0.6 is 31.9 Å². The van der Waals surface area contributed by atoms with Crippen molar-refractivity contribution in [3.8, 4) is 0 Å². The molecule has 1 aromatic rings. The molecule has 0 heterocycles. The van der Waals surface area contributed by atoms with Crippen LogP contribution in [0.15, 0.2) is 22.7 Å². The first-order valence-electron chi connectivity index (χ1n) is 6.21. The largest absolute Gasteiger partial charge is 0.341 e. The smallest absolute Gasteiger partial charge is 0.271 e. The van der Waals surface area contributed by atoms with Gasteiger partial charge in [0.05, 0.1) is 4.92 Å². The Balaban J connectivity index is 2.09. The number of non-ortho nitro benzene ring substituents is 1. The average molecular weight is 406 g/mol. The van der Waals surface area contributed by atoms with E-state index in [4.69, 9.17) is 0 Å². The monoisotopic (exact) mass is 404 g/mol. The summed E-state index contributed by atoms with van der Waals surface area (Å²) in [6.07, 6.45) is 2.13. The van der Waals surface area contributed by atoms with Crippen molar-refractivity contribution in [1.29, 1.82) is 0 Å². The molecule has 0 spiro atoms. The van der Waals surface area contributed by atoms with Crippen LogP contribution in [0, 0.1) is 16.0 Å². The molecule has 5 nitrogen and oxygen atoms in total. The molecule has 1 aliphatic rings. The number of carbonyl (C=O) groups excluding carboxylic acids is 1.